The Kier molecular flexibility index (Phi) is 3.68. The van der Waals surface area contributed by atoms with Crippen LogP contribution in [0.3, 0.4) is 0 Å². The zero-order chi connectivity index (χ0) is 18.2. The Bertz CT molecular complexity index is 1260. The number of aryl methyl sites for hydroxylation is 1. The first-order chi connectivity index (χ1) is 13.3. The van der Waals surface area contributed by atoms with Gasteiger partial charge in [-0.05, 0) is 28.8 Å². The average Bonchev–Trinajstić information content (AvgIpc) is 2.74. The molecule has 0 atom stereocenters. The van der Waals surface area contributed by atoms with Crippen LogP contribution in [0.25, 0.3) is 44.1 Å². The third-order valence-electron chi connectivity index (χ3n) is 5.16. The van der Waals surface area contributed by atoms with Gasteiger partial charge in [-0.2, -0.15) is 4.57 Å². The third kappa shape index (κ3) is 2.58. The van der Waals surface area contributed by atoms with Gasteiger partial charge in [0.2, 0.25) is 5.52 Å². The minimum absolute atomic E-state index is 1.04. The van der Waals surface area contributed by atoms with Gasteiger partial charge in [-0.3, -0.25) is 0 Å². The Balaban J connectivity index is 1.87. The molecule has 0 aliphatic heterocycles. The lowest BCUT2D eigenvalue weighted by Crippen LogP contribution is -2.28. The maximum absolute atomic E-state index is 4.77. The van der Waals surface area contributed by atoms with Gasteiger partial charge in [-0.15, -0.1) is 0 Å². The third-order valence-corrected chi connectivity index (χ3v) is 5.16. The molecule has 0 bridgehead atoms. The number of nitrogens with zero attached hydrogens (tertiary/aromatic N) is 2. The first kappa shape index (κ1) is 15.7. The fourth-order valence-electron chi connectivity index (χ4n) is 3.87. The van der Waals surface area contributed by atoms with E-state index in [9.17, 15) is 0 Å². The van der Waals surface area contributed by atoms with Crippen LogP contribution in [-0.2, 0) is 7.05 Å². The van der Waals surface area contributed by atoms with E-state index in [2.05, 4.69) is 103 Å². The van der Waals surface area contributed by atoms with Crippen LogP contribution in [-0.4, -0.2) is 4.98 Å². The molecule has 0 aliphatic carbocycles. The van der Waals surface area contributed by atoms with Crippen molar-refractivity contribution in [2.24, 2.45) is 7.05 Å². The Morgan fingerprint density at radius 1 is 0.630 bits per heavy atom. The monoisotopic (exact) mass is 347 g/mol. The zero-order valence-corrected chi connectivity index (χ0v) is 15.1. The van der Waals surface area contributed by atoms with E-state index in [4.69, 9.17) is 4.98 Å². The first-order valence-electron chi connectivity index (χ1n) is 9.14. The Morgan fingerprint density at radius 2 is 1.22 bits per heavy atom. The minimum Gasteiger partial charge on any atom is -0.249 e. The van der Waals surface area contributed by atoms with Crippen molar-refractivity contribution in [2.45, 2.75) is 0 Å². The van der Waals surface area contributed by atoms with E-state index in [-0.39, 0.29) is 0 Å². The molecule has 0 spiro atoms. The van der Waals surface area contributed by atoms with E-state index >= 15 is 0 Å². The molecule has 3 aromatic carbocycles. The highest BCUT2D eigenvalue weighted by atomic mass is 14.9. The fraction of sp³-hybridized carbons (Fsp3) is 0.0400. The Hall–Kier alpha value is -3.52. The summed E-state index contributed by atoms with van der Waals surface area (Å²) in [5, 5.41) is 2.40. The van der Waals surface area contributed by atoms with Gasteiger partial charge >= 0.3 is 0 Å². The van der Waals surface area contributed by atoms with Crippen LogP contribution in [0, 0.1) is 0 Å². The molecule has 2 aromatic heterocycles. The quantitative estimate of drug-likeness (QED) is 0.302. The van der Waals surface area contributed by atoms with Crippen molar-refractivity contribution in [1.29, 1.82) is 0 Å². The Labute approximate surface area is 158 Å². The molecule has 0 N–H and O–H groups in total. The van der Waals surface area contributed by atoms with Crippen molar-refractivity contribution < 1.29 is 4.57 Å². The van der Waals surface area contributed by atoms with Crippen LogP contribution in [0.1, 0.15) is 0 Å². The summed E-state index contributed by atoms with van der Waals surface area (Å²) in [5.41, 5.74) is 7.08. The SMILES string of the molecule is C[n+]1ccc(-c2ccccc2)c2ccc3c(-c4ccccc4)ccnc3c21. The van der Waals surface area contributed by atoms with E-state index < -0.39 is 0 Å². The van der Waals surface area contributed by atoms with Crippen molar-refractivity contribution >= 4 is 21.8 Å². The molecule has 128 valence electrons. The molecule has 0 amide bonds. The molecule has 0 unspecified atom stereocenters. The van der Waals surface area contributed by atoms with Crippen molar-refractivity contribution in [1.82, 2.24) is 4.98 Å². The summed E-state index contributed by atoms with van der Waals surface area (Å²) in [4.78, 5) is 4.77. The molecule has 0 saturated carbocycles. The van der Waals surface area contributed by atoms with Gasteiger partial charge in [-0.25, -0.2) is 4.98 Å². The second-order valence-corrected chi connectivity index (χ2v) is 6.79. The number of hydrogen-bond acceptors (Lipinski definition) is 1. The summed E-state index contributed by atoms with van der Waals surface area (Å²) in [6.45, 7) is 0. The molecule has 2 nitrogen and oxygen atoms in total. The highest BCUT2D eigenvalue weighted by molar-refractivity contribution is 6.10. The summed E-state index contributed by atoms with van der Waals surface area (Å²) in [7, 11) is 2.09. The van der Waals surface area contributed by atoms with E-state index in [1.165, 1.54) is 33.0 Å². The minimum atomic E-state index is 1.04. The molecule has 5 aromatic rings. The number of aromatic nitrogens is 2. The molecule has 5 rings (SSSR count). The van der Waals surface area contributed by atoms with Crippen LogP contribution in [0.2, 0.25) is 0 Å². The summed E-state index contributed by atoms with van der Waals surface area (Å²) in [5.74, 6) is 0. The normalized spacial score (nSPS) is 11.1. The van der Waals surface area contributed by atoms with E-state index in [1.54, 1.807) is 0 Å². The number of fused-ring (bicyclic) bond motifs is 3. The number of rotatable bonds is 2. The predicted octanol–water partition coefficient (Wildman–Crippen LogP) is 5.55. The van der Waals surface area contributed by atoms with Gasteiger partial charge in [0.05, 0.1) is 5.39 Å². The highest BCUT2D eigenvalue weighted by Crippen LogP contribution is 2.34. The molecule has 0 fully saturated rings. The molecule has 0 saturated heterocycles. The molecule has 0 radical (unpaired) electrons. The summed E-state index contributed by atoms with van der Waals surface area (Å²) in [6.07, 6.45) is 4.04. The lowest BCUT2D eigenvalue weighted by molar-refractivity contribution is -0.644. The van der Waals surface area contributed by atoms with Crippen LogP contribution in [0.15, 0.2) is 97.3 Å². The lowest BCUT2D eigenvalue weighted by atomic mass is 9.96. The van der Waals surface area contributed by atoms with Crippen molar-refractivity contribution in [3.05, 3.63) is 97.3 Å². The summed E-state index contributed by atoms with van der Waals surface area (Å²) >= 11 is 0. The van der Waals surface area contributed by atoms with Crippen LogP contribution < -0.4 is 4.57 Å². The second-order valence-electron chi connectivity index (χ2n) is 6.79. The maximum atomic E-state index is 4.77. The van der Waals surface area contributed by atoms with Crippen molar-refractivity contribution in [3.8, 4) is 22.3 Å². The second kappa shape index (κ2) is 6.33. The predicted molar refractivity (Wildman–Crippen MR) is 111 cm³/mol. The van der Waals surface area contributed by atoms with Crippen molar-refractivity contribution in [2.75, 3.05) is 0 Å². The number of pyridine rings is 2. The van der Waals surface area contributed by atoms with E-state index in [0.29, 0.717) is 0 Å². The van der Waals surface area contributed by atoms with E-state index in [0.717, 1.165) is 11.0 Å². The van der Waals surface area contributed by atoms with Gasteiger partial charge in [0, 0.05) is 23.2 Å². The van der Waals surface area contributed by atoms with Gasteiger partial charge in [-0.1, -0.05) is 66.7 Å². The standard InChI is InChI=1S/C25H19N2/c1-27-17-15-21(19-10-6-3-7-11-19)23-13-12-22-20(18-8-4-2-5-9-18)14-16-26-24(22)25(23)27/h2-17H,1H3/q+1. The average molecular weight is 347 g/mol. The van der Waals surface area contributed by atoms with Crippen LogP contribution in [0.5, 0.6) is 0 Å². The van der Waals surface area contributed by atoms with Gasteiger partial charge in [0.1, 0.15) is 12.6 Å². The Morgan fingerprint density at radius 3 is 1.89 bits per heavy atom. The van der Waals surface area contributed by atoms with Gasteiger partial charge in [0.25, 0.3) is 0 Å². The number of benzene rings is 3. The number of hydrogen-bond donors (Lipinski definition) is 0. The molecule has 2 heteroatoms. The lowest BCUT2D eigenvalue weighted by Gasteiger charge is -2.10. The van der Waals surface area contributed by atoms with Gasteiger partial charge in [0.15, 0.2) is 6.20 Å². The molecule has 27 heavy (non-hydrogen) atoms. The molecular formula is C25H19N2+. The highest BCUT2D eigenvalue weighted by Gasteiger charge is 2.17. The van der Waals surface area contributed by atoms with Crippen LogP contribution in [0.4, 0.5) is 0 Å². The van der Waals surface area contributed by atoms with Gasteiger partial charge < -0.3 is 0 Å². The largest absolute Gasteiger partial charge is 0.249 e. The van der Waals surface area contributed by atoms with Crippen LogP contribution >= 0.6 is 0 Å². The molecular weight excluding hydrogens is 328 g/mol. The maximum Gasteiger partial charge on any atom is 0.239 e. The molecule has 2 heterocycles. The molecule has 0 aliphatic rings. The topological polar surface area (TPSA) is 16.8 Å². The van der Waals surface area contributed by atoms with Crippen molar-refractivity contribution in [3.63, 3.8) is 0 Å². The fourth-order valence-corrected chi connectivity index (χ4v) is 3.87. The zero-order valence-electron chi connectivity index (χ0n) is 15.1. The smallest absolute Gasteiger partial charge is 0.239 e. The first-order valence-corrected chi connectivity index (χ1v) is 9.14. The summed E-state index contributed by atoms with van der Waals surface area (Å²) in [6, 6.07) is 29.8. The summed E-state index contributed by atoms with van der Waals surface area (Å²) < 4.78 is 2.17. The van der Waals surface area contributed by atoms with E-state index in [1.807, 2.05) is 6.20 Å².